The van der Waals surface area contributed by atoms with Crippen molar-refractivity contribution in [2.75, 3.05) is 23.6 Å². The van der Waals surface area contributed by atoms with Gasteiger partial charge < -0.3 is 10.1 Å². The Kier molecular flexibility index (Phi) is 7.78. The van der Waals surface area contributed by atoms with Gasteiger partial charge in [-0.25, -0.2) is 4.98 Å². The van der Waals surface area contributed by atoms with Crippen molar-refractivity contribution in [3.63, 3.8) is 0 Å². The van der Waals surface area contributed by atoms with E-state index in [0.29, 0.717) is 12.6 Å². The van der Waals surface area contributed by atoms with Crippen molar-refractivity contribution < 1.29 is 4.74 Å². The number of aryl methyl sites for hydroxylation is 1. The maximum Gasteiger partial charge on any atom is 0.215 e. The maximum absolute atomic E-state index is 6.17. The fourth-order valence-electron chi connectivity index (χ4n) is 4.43. The highest BCUT2D eigenvalue weighted by molar-refractivity contribution is 7.15. The summed E-state index contributed by atoms with van der Waals surface area (Å²) >= 11 is 1.67. The van der Waals surface area contributed by atoms with Crippen LogP contribution in [-0.2, 0) is 4.74 Å². The molecule has 8 nitrogen and oxygen atoms in total. The topological polar surface area (TPSA) is 89.0 Å². The molecule has 0 saturated heterocycles. The van der Waals surface area contributed by atoms with Gasteiger partial charge in [-0.1, -0.05) is 43.8 Å². The summed E-state index contributed by atoms with van der Waals surface area (Å²) in [4.78, 5) is 15.9. The molecule has 0 spiro atoms. The molecule has 1 N–H and O–H groups in total. The van der Waals surface area contributed by atoms with E-state index < -0.39 is 8.07 Å². The molecule has 1 fully saturated rings. The first kappa shape index (κ1) is 25.7. The normalized spacial score (nSPS) is 14.4. The number of anilines is 4. The first-order valence-electron chi connectivity index (χ1n) is 13.0. The number of nitrogens with one attached hydrogen (secondary N) is 1. The Labute approximate surface area is 223 Å². The lowest BCUT2D eigenvalue weighted by Gasteiger charge is -2.22. The Hall–Kier alpha value is -2.95. The molecule has 4 heterocycles. The van der Waals surface area contributed by atoms with E-state index in [1.807, 2.05) is 42.4 Å². The molecule has 4 aromatic rings. The molecule has 10 heteroatoms. The van der Waals surface area contributed by atoms with Crippen molar-refractivity contribution in [2.45, 2.75) is 64.2 Å². The molecule has 1 aliphatic rings. The van der Waals surface area contributed by atoms with Gasteiger partial charge in [0.1, 0.15) is 17.6 Å². The molecule has 1 saturated carbocycles. The minimum Gasteiger partial charge on any atom is -0.361 e. The Morgan fingerprint density at radius 1 is 1.03 bits per heavy atom. The van der Waals surface area contributed by atoms with Crippen LogP contribution in [0.1, 0.15) is 42.2 Å². The lowest BCUT2D eigenvalue weighted by atomic mass is 10.1. The number of ether oxygens (including phenoxy) is 1. The van der Waals surface area contributed by atoms with E-state index in [-0.39, 0.29) is 0 Å². The molecule has 0 radical (unpaired) electrons. The van der Waals surface area contributed by atoms with E-state index in [1.54, 1.807) is 17.5 Å². The lowest BCUT2D eigenvalue weighted by Crippen LogP contribution is -2.26. The van der Waals surface area contributed by atoms with Gasteiger partial charge in [0.15, 0.2) is 0 Å². The van der Waals surface area contributed by atoms with Gasteiger partial charge in [-0.05, 0) is 55.6 Å². The third-order valence-electron chi connectivity index (χ3n) is 6.54. The number of fused-ring (bicyclic) bond motifs is 1. The summed E-state index contributed by atoms with van der Waals surface area (Å²) in [5, 5.41) is 14.5. The first-order chi connectivity index (χ1) is 17.8. The molecule has 0 aliphatic heterocycles. The minimum absolute atomic E-state index is 0.391. The molecule has 0 bridgehead atoms. The van der Waals surface area contributed by atoms with E-state index in [9.17, 15) is 0 Å². The van der Waals surface area contributed by atoms with Crippen molar-refractivity contribution >= 4 is 52.8 Å². The fraction of sp³-hybridized carbons (Fsp3) is 0.444. The average Bonchev–Trinajstić information content (AvgIpc) is 3.55. The standard InChI is InChI=1S/C27H35N7OSSi/c1-19-13-21(16-28-15-19)30-22-14-24-23(29-17-22)9-10-25(31-24)34(18-35-11-12-37(2,3)4)27-33-32-26(36-27)20-7-5-6-8-20/h9-10,13-17,20,30H,5-8,11-12,18H2,1-4H3. The number of nitrogens with zero attached hydrogens (tertiary/aromatic N) is 6. The SMILES string of the molecule is Cc1cncc(Nc2cnc3ccc(N(COCC[Si](C)(C)C)c4nnc(C5CCCC5)s4)nc3c2)c1. The summed E-state index contributed by atoms with van der Waals surface area (Å²) in [6.45, 7) is 10.2. The third kappa shape index (κ3) is 6.68. The summed E-state index contributed by atoms with van der Waals surface area (Å²) in [6.07, 6.45) is 10.4. The second kappa shape index (κ2) is 11.2. The van der Waals surface area contributed by atoms with Gasteiger partial charge >= 0.3 is 0 Å². The zero-order valence-electron chi connectivity index (χ0n) is 22.1. The van der Waals surface area contributed by atoms with Crippen LogP contribution in [0.5, 0.6) is 0 Å². The van der Waals surface area contributed by atoms with E-state index in [4.69, 9.17) is 9.72 Å². The Morgan fingerprint density at radius 3 is 2.62 bits per heavy atom. The summed E-state index contributed by atoms with van der Waals surface area (Å²) in [6, 6.07) is 9.18. The van der Waals surface area contributed by atoms with Crippen LogP contribution in [0.3, 0.4) is 0 Å². The van der Waals surface area contributed by atoms with Crippen LogP contribution in [0, 0.1) is 6.92 Å². The first-order valence-corrected chi connectivity index (χ1v) is 17.5. The molecule has 37 heavy (non-hydrogen) atoms. The molecular weight excluding hydrogens is 498 g/mol. The van der Waals surface area contributed by atoms with E-state index in [2.05, 4.69) is 51.2 Å². The van der Waals surface area contributed by atoms with Gasteiger partial charge in [0, 0.05) is 26.8 Å². The predicted molar refractivity (Wildman–Crippen MR) is 154 cm³/mol. The van der Waals surface area contributed by atoms with Crippen molar-refractivity contribution in [1.82, 2.24) is 25.1 Å². The molecule has 0 aromatic carbocycles. The van der Waals surface area contributed by atoms with Crippen LogP contribution >= 0.6 is 11.3 Å². The molecule has 0 amide bonds. The molecule has 0 unspecified atom stereocenters. The van der Waals surface area contributed by atoms with Crippen LogP contribution in [-0.4, -0.2) is 46.6 Å². The van der Waals surface area contributed by atoms with Gasteiger partial charge in [0.05, 0.1) is 34.8 Å². The van der Waals surface area contributed by atoms with E-state index in [1.165, 1.54) is 25.7 Å². The van der Waals surface area contributed by atoms with Crippen molar-refractivity contribution in [2.24, 2.45) is 0 Å². The largest absolute Gasteiger partial charge is 0.361 e. The van der Waals surface area contributed by atoms with Crippen LogP contribution in [0.15, 0.2) is 42.9 Å². The Bertz CT molecular complexity index is 1350. The molecule has 194 valence electrons. The highest BCUT2D eigenvalue weighted by Gasteiger charge is 2.24. The van der Waals surface area contributed by atoms with Gasteiger partial charge in [-0.3, -0.25) is 14.9 Å². The number of rotatable bonds is 10. The zero-order chi connectivity index (χ0) is 25.8. The lowest BCUT2D eigenvalue weighted by molar-refractivity contribution is 0.153. The fourth-order valence-corrected chi connectivity index (χ4v) is 6.20. The predicted octanol–water partition coefficient (Wildman–Crippen LogP) is 7.04. The van der Waals surface area contributed by atoms with Gasteiger partial charge in [0.25, 0.3) is 0 Å². The molecule has 1 aliphatic carbocycles. The van der Waals surface area contributed by atoms with Crippen LogP contribution in [0.25, 0.3) is 11.0 Å². The molecular formula is C27H35N7OSSi. The number of pyridine rings is 3. The third-order valence-corrected chi connectivity index (χ3v) is 9.36. The molecule has 0 atom stereocenters. The summed E-state index contributed by atoms with van der Waals surface area (Å²) in [7, 11) is -1.18. The summed E-state index contributed by atoms with van der Waals surface area (Å²) < 4.78 is 6.17. The molecule has 5 rings (SSSR count). The van der Waals surface area contributed by atoms with E-state index >= 15 is 0 Å². The minimum atomic E-state index is -1.18. The Morgan fingerprint density at radius 2 is 1.84 bits per heavy atom. The number of hydrogen-bond acceptors (Lipinski definition) is 9. The van der Waals surface area contributed by atoms with Crippen molar-refractivity contribution in [1.29, 1.82) is 0 Å². The zero-order valence-corrected chi connectivity index (χ0v) is 23.9. The van der Waals surface area contributed by atoms with Gasteiger partial charge in [-0.2, -0.15) is 0 Å². The molecule has 4 aromatic heterocycles. The highest BCUT2D eigenvalue weighted by Crippen LogP contribution is 2.38. The maximum atomic E-state index is 6.17. The van der Waals surface area contributed by atoms with Gasteiger partial charge in [-0.15, -0.1) is 10.2 Å². The quantitative estimate of drug-likeness (QED) is 0.132. The van der Waals surface area contributed by atoms with Gasteiger partial charge in [0.2, 0.25) is 5.13 Å². The van der Waals surface area contributed by atoms with Crippen LogP contribution in [0.4, 0.5) is 22.3 Å². The monoisotopic (exact) mass is 533 g/mol. The van der Waals surface area contributed by atoms with E-state index in [0.717, 1.165) is 56.6 Å². The summed E-state index contributed by atoms with van der Waals surface area (Å²) in [5.41, 5.74) is 4.51. The summed E-state index contributed by atoms with van der Waals surface area (Å²) in [5.74, 6) is 1.31. The second-order valence-corrected chi connectivity index (χ2v) is 17.6. The average molecular weight is 534 g/mol. The highest BCUT2D eigenvalue weighted by atomic mass is 32.1. The van der Waals surface area contributed by atoms with Crippen molar-refractivity contribution in [3.05, 3.63) is 53.4 Å². The number of aromatic nitrogens is 5. The van der Waals surface area contributed by atoms with Crippen LogP contribution < -0.4 is 10.2 Å². The second-order valence-electron chi connectivity index (χ2n) is 11.0. The van der Waals surface area contributed by atoms with Crippen molar-refractivity contribution in [3.8, 4) is 0 Å². The van der Waals surface area contributed by atoms with Crippen LogP contribution in [0.2, 0.25) is 25.7 Å². The smallest absolute Gasteiger partial charge is 0.215 e. The Balaban J connectivity index is 1.41. The number of hydrogen-bond donors (Lipinski definition) is 1.